The van der Waals surface area contributed by atoms with Crippen molar-refractivity contribution in [3.05, 3.63) is 59.7 Å². The molecular weight excluding hydrogens is 342 g/mol. The first-order chi connectivity index (χ1) is 12.6. The Morgan fingerprint density at radius 3 is 2.69 bits per heavy atom. The molecule has 1 unspecified atom stereocenters. The zero-order valence-corrected chi connectivity index (χ0v) is 16.0. The molecule has 0 aliphatic carbocycles. The van der Waals surface area contributed by atoms with E-state index in [1.807, 2.05) is 24.3 Å². The van der Waals surface area contributed by atoms with Crippen molar-refractivity contribution in [2.24, 2.45) is 0 Å². The van der Waals surface area contributed by atoms with Gasteiger partial charge in [0, 0.05) is 35.6 Å². The third kappa shape index (κ3) is 4.02. The number of ketones is 1. The van der Waals surface area contributed by atoms with Crippen LogP contribution in [0.2, 0.25) is 0 Å². The third-order valence-corrected chi connectivity index (χ3v) is 5.87. The molecule has 1 aliphatic rings. The summed E-state index contributed by atoms with van der Waals surface area (Å²) in [6, 6.07) is 16.2. The van der Waals surface area contributed by atoms with Gasteiger partial charge in [0.1, 0.15) is 5.60 Å². The number of benzene rings is 2. The SMILES string of the molecule is C#CCN1CCC(OC)(c2cccc(Sc3ccc(C(C)=O)cc3)c2)C1. The van der Waals surface area contributed by atoms with Crippen LogP contribution in [0.4, 0.5) is 0 Å². The first kappa shape index (κ1) is 18.7. The minimum atomic E-state index is -0.300. The number of carbonyl (C=O) groups excluding carboxylic acids is 1. The fourth-order valence-corrected chi connectivity index (χ4v) is 4.26. The Bertz CT molecular complexity index is 825. The van der Waals surface area contributed by atoms with Crippen molar-refractivity contribution < 1.29 is 9.53 Å². The first-order valence-corrected chi connectivity index (χ1v) is 9.48. The monoisotopic (exact) mass is 365 g/mol. The molecule has 0 N–H and O–H groups in total. The van der Waals surface area contributed by atoms with Gasteiger partial charge in [-0.1, -0.05) is 41.9 Å². The average Bonchev–Trinajstić information content (AvgIpc) is 3.07. The highest BCUT2D eigenvalue weighted by molar-refractivity contribution is 7.99. The van der Waals surface area contributed by atoms with Gasteiger partial charge in [-0.25, -0.2) is 0 Å². The van der Waals surface area contributed by atoms with Gasteiger partial charge >= 0.3 is 0 Å². The number of Topliss-reactive ketones (excluding diaryl/α,β-unsaturated/α-hetero) is 1. The van der Waals surface area contributed by atoms with Crippen LogP contribution in [0.1, 0.15) is 29.3 Å². The van der Waals surface area contributed by atoms with Gasteiger partial charge in [-0.3, -0.25) is 9.69 Å². The van der Waals surface area contributed by atoms with Crippen LogP contribution in [0.25, 0.3) is 0 Å². The molecule has 1 heterocycles. The lowest BCUT2D eigenvalue weighted by atomic mass is 9.93. The Labute approximate surface area is 159 Å². The maximum Gasteiger partial charge on any atom is 0.159 e. The van der Waals surface area contributed by atoms with Crippen LogP contribution in [0.5, 0.6) is 0 Å². The van der Waals surface area contributed by atoms with Gasteiger partial charge in [-0.15, -0.1) is 6.42 Å². The van der Waals surface area contributed by atoms with Crippen molar-refractivity contribution >= 4 is 17.5 Å². The molecule has 0 bridgehead atoms. The highest BCUT2D eigenvalue weighted by Crippen LogP contribution is 2.38. The number of carbonyl (C=O) groups is 1. The number of methoxy groups -OCH3 is 1. The van der Waals surface area contributed by atoms with Crippen molar-refractivity contribution in [3.8, 4) is 12.3 Å². The summed E-state index contributed by atoms with van der Waals surface area (Å²) in [5, 5.41) is 0. The molecule has 2 aromatic rings. The molecule has 0 radical (unpaired) electrons. The summed E-state index contributed by atoms with van der Waals surface area (Å²) in [5.74, 6) is 2.81. The van der Waals surface area contributed by atoms with Gasteiger partial charge in [0.2, 0.25) is 0 Å². The number of rotatable bonds is 6. The summed E-state index contributed by atoms with van der Waals surface area (Å²) in [7, 11) is 1.78. The van der Waals surface area contributed by atoms with E-state index in [0.29, 0.717) is 6.54 Å². The van der Waals surface area contributed by atoms with Crippen molar-refractivity contribution in [1.82, 2.24) is 4.90 Å². The Morgan fingerprint density at radius 2 is 2.04 bits per heavy atom. The van der Waals surface area contributed by atoms with Crippen LogP contribution in [-0.4, -0.2) is 37.4 Å². The second-order valence-electron chi connectivity index (χ2n) is 6.57. The lowest BCUT2D eigenvalue weighted by molar-refractivity contribution is -0.00504. The normalized spacial score (nSPS) is 20.0. The molecule has 4 heteroatoms. The van der Waals surface area contributed by atoms with Crippen molar-refractivity contribution in [1.29, 1.82) is 0 Å². The van der Waals surface area contributed by atoms with Crippen LogP contribution in [-0.2, 0) is 10.3 Å². The second kappa shape index (κ2) is 8.09. The van der Waals surface area contributed by atoms with E-state index in [0.717, 1.165) is 34.9 Å². The van der Waals surface area contributed by atoms with Crippen LogP contribution >= 0.6 is 11.8 Å². The lowest BCUT2D eigenvalue weighted by Crippen LogP contribution is -2.33. The number of likely N-dealkylation sites (tertiary alicyclic amines) is 1. The molecule has 0 spiro atoms. The van der Waals surface area contributed by atoms with Gasteiger partial charge in [-0.05, 0) is 43.2 Å². The highest BCUT2D eigenvalue weighted by Gasteiger charge is 2.39. The average molecular weight is 365 g/mol. The van der Waals surface area contributed by atoms with Gasteiger partial charge in [0.15, 0.2) is 5.78 Å². The van der Waals surface area contributed by atoms with E-state index < -0.39 is 0 Å². The van der Waals surface area contributed by atoms with Crippen LogP contribution in [0, 0.1) is 12.3 Å². The highest BCUT2D eigenvalue weighted by atomic mass is 32.2. The van der Waals surface area contributed by atoms with E-state index in [1.54, 1.807) is 25.8 Å². The zero-order chi connectivity index (χ0) is 18.6. The van der Waals surface area contributed by atoms with Gasteiger partial charge in [0.25, 0.3) is 0 Å². The molecule has 3 rings (SSSR count). The Morgan fingerprint density at radius 1 is 1.27 bits per heavy atom. The van der Waals surface area contributed by atoms with Crippen molar-refractivity contribution in [2.75, 3.05) is 26.7 Å². The minimum Gasteiger partial charge on any atom is -0.372 e. The van der Waals surface area contributed by atoms with E-state index >= 15 is 0 Å². The maximum atomic E-state index is 11.4. The largest absolute Gasteiger partial charge is 0.372 e. The van der Waals surface area contributed by atoms with Gasteiger partial charge < -0.3 is 4.74 Å². The summed E-state index contributed by atoms with van der Waals surface area (Å²) in [6.07, 6.45) is 6.40. The molecule has 0 saturated carbocycles. The molecule has 26 heavy (non-hydrogen) atoms. The standard InChI is InChI=1S/C22H23NO2S/c1-4-13-23-14-12-22(16-23,25-3)19-6-5-7-21(15-19)26-20-10-8-18(9-11-20)17(2)24/h1,5-11,15H,12-14,16H2,2-3H3. The smallest absolute Gasteiger partial charge is 0.159 e. The Hall–Kier alpha value is -2.06. The topological polar surface area (TPSA) is 29.5 Å². The molecule has 134 valence electrons. The van der Waals surface area contributed by atoms with E-state index in [4.69, 9.17) is 11.2 Å². The van der Waals surface area contributed by atoms with Crippen LogP contribution in [0.3, 0.4) is 0 Å². The minimum absolute atomic E-state index is 0.0864. The number of hydrogen-bond donors (Lipinski definition) is 0. The molecule has 2 aromatic carbocycles. The second-order valence-corrected chi connectivity index (χ2v) is 7.72. The van der Waals surface area contributed by atoms with Crippen molar-refractivity contribution in [3.63, 3.8) is 0 Å². The van der Waals surface area contributed by atoms with Crippen molar-refractivity contribution in [2.45, 2.75) is 28.7 Å². The van der Waals surface area contributed by atoms with Gasteiger partial charge in [0.05, 0.1) is 6.54 Å². The van der Waals surface area contributed by atoms with Crippen LogP contribution < -0.4 is 0 Å². The Kier molecular flexibility index (Phi) is 5.83. The molecular formula is C22H23NO2S. The third-order valence-electron chi connectivity index (χ3n) is 4.87. The molecule has 1 saturated heterocycles. The van der Waals surface area contributed by atoms with E-state index in [1.165, 1.54) is 5.56 Å². The van der Waals surface area contributed by atoms with E-state index in [9.17, 15) is 4.79 Å². The number of ether oxygens (including phenoxy) is 1. The lowest BCUT2D eigenvalue weighted by Gasteiger charge is -2.28. The number of nitrogens with zero attached hydrogens (tertiary/aromatic N) is 1. The molecule has 1 atom stereocenters. The number of terminal acetylenes is 1. The van der Waals surface area contributed by atoms with Crippen LogP contribution in [0.15, 0.2) is 58.3 Å². The molecule has 0 aromatic heterocycles. The molecule has 0 amide bonds. The molecule has 1 fully saturated rings. The predicted molar refractivity (Wildman–Crippen MR) is 106 cm³/mol. The summed E-state index contributed by atoms with van der Waals surface area (Å²) in [4.78, 5) is 15.9. The zero-order valence-electron chi connectivity index (χ0n) is 15.2. The summed E-state index contributed by atoms with van der Waals surface area (Å²) in [5.41, 5.74) is 1.62. The maximum absolute atomic E-state index is 11.4. The summed E-state index contributed by atoms with van der Waals surface area (Å²) < 4.78 is 5.95. The van der Waals surface area contributed by atoms with E-state index in [2.05, 4.69) is 35.1 Å². The fraction of sp³-hybridized carbons (Fsp3) is 0.318. The quantitative estimate of drug-likeness (QED) is 0.566. The molecule has 1 aliphatic heterocycles. The predicted octanol–water partition coefficient (Wildman–Crippen LogP) is 4.22. The Balaban J connectivity index is 1.79. The summed E-state index contributed by atoms with van der Waals surface area (Å²) in [6.45, 7) is 4.00. The first-order valence-electron chi connectivity index (χ1n) is 8.67. The van der Waals surface area contributed by atoms with E-state index in [-0.39, 0.29) is 11.4 Å². The fourth-order valence-electron chi connectivity index (χ4n) is 3.38. The van der Waals surface area contributed by atoms with Gasteiger partial charge in [-0.2, -0.15) is 0 Å². The summed E-state index contributed by atoms with van der Waals surface area (Å²) >= 11 is 1.69. The molecule has 3 nitrogen and oxygen atoms in total. The number of hydrogen-bond acceptors (Lipinski definition) is 4.